The lowest BCUT2D eigenvalue weighted by atomic mass is 10.1. The first-order valence-corrected chi connectivity index (χ1v) is 7.81. The number of anilines is 1. The van der Waals surface area contributed by atoms with E-state index in [0.717, 1.165) is 12.1 Å². The minimum atomic E-state index is 0.0441. The number of carbonyl (C=O) groups is 1. The molecule has 116 valence electrons. The lowest BCUT2D eigenvalue weighted by Gasteiger charge is -2.23. The summed E-state index contributed by atoms with van der Waals surface area (Å²) in [5.74, 6) is 0.751. The summed E-state index contributed by atoms with van der Waals surface area (Å²) in [5, 5.41) is 0. The molecule has 1 aromatic carbocycles. The monoisotopic (exact) mass is 289 g/mol. The zero-order chi connectivity index (χ0) is 15.4. The molecule has 4 heteroatoms. The predicted octanol–water partition coefficient (Wildman–Crippen LogP) is 2.23. The molecule has 0 heterocycles. The Kier molecular flexibility index (Phi) is 5.23. The van der Waals surface area contributed by atoms with Crippen LogP contribution in [0.15, 0.2) is 24.3 Å². The minimum absolute atomic E-state index is 0.0441. The Balaban J connectivity index is 1.92. The number of nitrogens with two attached hydrogens (primary N) is 1. The molecule has 1 unspecified atom stereocenters. The van der Waals surface area contributed by atoms with Gasteiger partial charge in [0, 0.05) is 45.3 Å². The van der Waals surface area contributed by atoms with Crippen molar-refractivity contribution in [2.75, 3.05) is 25.5 Å². The summed E-state index contributed by atoms with van der Waals surface area (Å²) in [5.41, 5.74) is 8.40. The van der Waals surface area contributed by atoms with Crippen molar-refractivity contribution in [2.45, 2.75) is 38.8 Å². The fourth-order valence-electron chi connectivity index (χ4n) is 2.52. The predicted molar refractivity (Wildman–Crippen MR) is 87.2 cm³/mol. The van der Waals surface area contributed by atoms with Crippen molar-refractivity contribution in [3.63, 3.8) is 0 Å². The van der Waals surface area contributed by atoms with Gasteiger partial charge in [-0.2, -0.15) is 0 Å². The molecule has 1 aliphatic carbocycles. The van der Waals surface area contributed by atoms with E-state index in [2.05, 4.69) is 29.2 Å². The van der Waals surface area contributed by atoms with Gasteiger partial charge in [0.05, 0.1) is 0 Å². The Hall–Kier alpha value is -1.55. The fraction of sp³-hybridized carbons (Fsp3) is 0.588. The van der Waals surface area contributed by atoms with Crippen LogP contribution in [-0.2, 0) is 11.3 Å². The van der Waals surface area contributed by atoms with Crippen LogP contribution in [0.25, 0.3) is 0 Å². The Labute approximate surface area is 127 Å². The van der Waals surface area contributed by atoms with Gasteiger partial charge >= 0.3 is 0 Å². The molecule has 0 spiro atoms. The zero-order valence-corrected chi connectivity index (χ0v) is 13.4. The van der Waals surface area contributed by atoms with Crippen molar-refractivity contribution in [1.29, 1.82) is 0 Å². The molecular formula is C17H27N3O. The first kappa shape index (κ1) is 15.8. The summed E-state index contributed by atoms with van der Waals surface area (Å²) >= 11 is 0. The van der Waals surface area contributed by atoms with E-state index in [1.807, 2.05) is 25.9 Å². The molecule has 0 aliphatic heterocycles. The van der Waals surface area contributed by atoms with Crippen LogP contribution in [0, 0.1) is 5.92 Å². The Morgan fingerprint density at radius 3 is 2.38 bits per heavy atom. The Morgan fingerprint density at radius 2 is 1.90 bits per heavy atom. The third-order valence-corrected chi connectivity index (χ3v) is 4.20. The molecule has 0 saturated heterocycles. The highest BCUT2D eigenvalue weighted by Crippen LogP contribution is 2.33. The molecular weight excluding hydrogens is 262 g/mol. The molecule has 1 amide bonds. The smallest absolute Gasteiger partial charge is 0.224 e. The molecule has 4 nitrogen and oxygen atoms in total. The van der Waals surface area contributed by atoms with Crippen molar-refractivity contribution < 1.29 is 4.79 Å². The molecule has 2 rings (SSSR count). The standard InChI is InChI=1S/C17H27N3O/c1-4-20(17(21)11-16(18)14-7-8-14)12-13-5-9-15(10-6-13)19(2)3/h5-6,9-10,14,16H,4,7-8,11-12,18H2,1-3H3. The van der Waals surface area contributed by atoms with Gasteiger partial charge in [0.15, 0.2) is 0 Å². The highest BCUT2D eigenvalue weighted by atomic mass is 16.2. The van der Waals surface area contributed by atoms with Crippen LogP contribution in [0.3, 0.4) is 0 Å². The average molecular weight is 289 g/mol. The minimum Gasteiger partial charge on any atom is -0.378 e. The van der Waals surface area contributed by atoms with Crippen molar-refractivity contribution in [1.82, 2.24) is 4.90 Å². The molecule has 1 aliphatic rings. The molecule has 0 bridgehead atoms. The molecule has 0 radical (unpaired) electrons. The molecule has 1 saturated carbocycles. The Morgan fingerprint density at radius 1 is 1.29 bits per heavy atom. The van der Waals surface area contributed by atoms with Gasteiger partial charge in [-0.3, -0.25) is 4.79 Å². The highest BCUT2D eigenvalue weighted by molar-refractivity contribution is 5.76. The van der Waals surface area contributed by atoms with Crippen molar-refractivity contribution >= 4 is 11.6 Å². The maximum absolute atomic E-state index is 12.3. The molecule has 1 aromatic rings. The fourth-order valence-corrected chi connectivity index (χ4v) is 2.52. The van der Waals surface area contributed by atoms with Gasteiger partial charge in [-0.25, -0.2) is 0 Å². The SMILES string of the molecule is CCN(Cc1ccc(N(C)C)cc1)C(=O)CC(N)C1CC1. The van der Waals surface area contributed by atoms with E-state index in [9.17, 15) is 4.79 Å². The number of hydrogen-bond donors (Lipinski definition) is 1. The Bertz CT molecular complexity index is 465. The summed E-state index contributed by atoms with van der Waals surface area (Å²) in [6, 6.07) is 8.40. The van der Waals surface area contributed by atoms with E-state index >= 15 is 0 Å². The van der Waals surface area contributed by atoms with Gasteiger partial charge in [0.1, 0.15) is 0 Å². The van der Waals surface area contributed by atoms with Crippen LogP contribution in [0.1, 0.15) is 31.7 Å². The number of benzene rings is 1. The maximum Gasteiger partial charge on any atom is 0.224 e. The largest absolute Gasteiger partial charge is 0.378 e. The van der Waals surface area contributed by atoms with Gasteiger partial charge in [0.25, 0.3) is 0 Å². The van der Waals surface area contributed by atoms with Gasteiger partial charge in [-0.1, -0.05) is 12.1 Å². The molecule has 2 N–H and O–H groups in total. The van der Waals surface area contributed by atoms with Gasteiger partial charge in [-0.05, 0) is 43.4 Å². The maximum atomic E-state index is 12.3. The average Bonchev–Trinajstić information content (AvgIpc) is 3.29. The number of rotatable bonds is 7. The zero-order valence-electron chi connectivity index (χ0n) is 13.4. The number of carbonyl (C=O) groups excluding carboxylic acids is 1. The quantitative estimate of drug-likeness (QED) is 0.837. The molecule has 1 fully saturated rings. The van der Waals surface area contributed by atoms with Crippen LogP contribution >= 0.6 is 0 Å². The topological polar surface area (TPSA) is 49.6 Å². The van der Waals surface area contributed by atoms with E-state index < -0.39 is 0 Å². The highest BCUT2D eigenvalue weighted by Gasteiger charge is 2.30. The van der Waals surface area contributed by atoms with Gasteiger partial charge in [-0.15, -0.1) is 0 Å². The summed E-state index contributed by atoms with van der Waals surface area (Å²) in [7, 11) is 4.05. The lowest BCUT2D eigenvalue weighted by molar-refractivity contribution is -0.132. The first-order chi connectivity index (χ1) is 10.0. The second-order valence-electron chi connectivity index (χ2n) is 6.17. The lowest BCUT2D eigenvalue weighted by Crippen LogP contribution is -2.36. The van der Waals surface area contributed by atoms with Gasteiger partial charge in [0.2, 0.25) is 5.91 Å². The van der Waals surface area contributed by atoms with Crippen LogP contribution in [0.2, 0.25) is 0 Å². The third-order valence-electron chi connectivity index (χ3n) is 4.20. The normalized spacial score (nSPS) is 15.6. The van der Waals surface area contributed by atoms with E-state index in [1.165, 1.54) is 18.5 Å². The molecule has 21 heavy (non-hydrogen) atoms. The number of hydrogen-bond acceptors (Lipinski definition) is 3. The van der Waals surface area contributed by atoms with Gasteiger partial charge < -0.3 is 15.5 Å². The summed E-state index contributed by atoms with van der Waals surface area (Å²) < 4.78 is 0. The van der Waals surface area contributed by atoms with Crippen LogP contribution in [-0.4, -0.2) is 37.5 Å². The summed E-state index contributed by atoms with van der Waals surface area (Å²) in [6.07, 6.45) is 2.85. The third kappa shape index (κ3) is 4.46. The van der Waals surface area contributed by atoms with E-state index in [-0.39, 0.29) is 11.9 Å². The van der Waals surface area contributed by atoms with Crippen LogP contribution in [0.4, 0.5) is 5.69 Å². The number of amides is 1. The second-order valence-corrected chi connectivity index (χ2v) is 6.17. The van der Waals surface area contributed by atoms with Crippen molar-refractivity contribution in [3.8, 4) is 0 Å². The van der Waals surface area contributed by atoms with E-state index in [0.29, 0.717) is 18.9 Å². The first-order valence-electron chi connectivity index (χ1n) is 7.81. The number of nitrogens with zero attached hydrogens (tertiary/aromatic N) is 2. The molecule has 1 atom stereocenters. The van der Waals surface area contributed by atoms with Crippen LogP contribution in [0.5, 0.6) is 0 Å². The summed E-state index contributed by atoms with van der Waals surface area (Å²) in [6.45, 7) is 3.42. The summed E-state index contributed by atoms with van der Waals surface area (Å²) in [4.78, 5) is 16.3. The second kappa shape index (κ2) is 6.94. The van der Waals surface area contributed by atoms with Crippen molar-refractivity contribution in [3.05, 3.63) is 29.8 Å². The van der Waals surface area contributed by atoms with Crippen molar-refractivity contribution in [2.24, 2.45) is 11.7 Å². The van der Waals surface area contributed by atoms with E-state index in [1.54, 1.807) is 0 Å². The molecule has 0 aromatic heterocycles. The van der Waals surface area contributed by atoms with Crippen LogP contribution < -0.4 is 10.6 Å². The van der Waals surface area contributed by atoms with E-state index in [4.69, 9.17) is 5.73 Å².